The second-order valence-electron chi connectivity index (χ2n) is 6.33. The number of nitrogens with zero attached hydrogens (tertiary/aromatic N) is 1. The number of nitrogens with one attached hydrogen (secondary N) is 2. The van der Waals surface area contributed by atoms with E-state index in [1.807, 2.05) is 36.4 Å². The van der Waals surface area contributed by atoms with Crippen molar-refractivity contribution in [1.82, 2.24) is 15.5 Å². The molecule has 1 aromatic carbocycles. The SMILES string of the molecule is C=CCN1CCC(NC(=O)NC[C@@](C)(O)c2ccccc2)CC1. The van der Waals surface area contributed by atoms with Crippen LogP contribution in [0.15, 0.2) is 43.0 Å². The van der Waals surface area contributed by atoms with Crippen LogP contribution in [0.1, 0.15) is 25.3 Å². The molecule has 1 atom stereocenters. The highest BCUT2D eigenvalue weighted by Gasteiger charge is 2.25. The Morgan fingerprint density at radius 3 is 2.65 bits per heavy atom. The normalized spacial score (nSPS) is 18.9. The van der Waals surface area contributed by atoms with Gasteiger partial charge in [-0.05, 0) is 25.3 Å². The Morgan fingerprint density at radius 1 is 1.39 bits per heavy atom. The number of rotatable bonds is 6. The number of benzene rings is 1. The summed E-state index contributed by atoms with van der Waals surface area (Å²) in [5, 5.41) is 16.2. The van der Waals surface area contributed by atoms with Gasteiger partial charge in [-0.3, -0.25) is 4.90 Å². The number of aliphatic hydroxyl groups is 1. The van der Waals surface area contributed by atoms with Gasteiger partial charge >= 0.3 is 6.03 Å². The van der Waals surface area contributed by atoms with Crippen LogP contribution in [0.3, 0.4) is 0 Å². The summed E-state index contributed by atoms with van der Waals surface area (Å²) in [5.41, 5.74) is -0.288. The van der Waals surface area contributed by atoms with E-state index in [-0.39, 0.29) is 18.6 Å². The van der Waals surface area contributed by atoms with Crippen LogP contribution >= 0.6 is 0 Å². The highest BCUT2D eigenvalue weighted by atomic mass is 16.3. The molecule has 2 amide bonds. The third-order valence-electron chi connectivity index (χ3n) is 4.30. The molecule has 1 aliphatic heterocycles. The number of hydrogen-bond donors (Lipinski definition) is 3. The summed E-state index contributed by atoms with van der Waals surface area (Å²) in [6.07, 6.45) is 3.79. The van der Waals surface area contributed by atoms with E-state index in [0.717, 1.165) is 38.0 Å². The standard InChI is InChI=1S/C18H27N3O2/c1-3-11-21-12-9-16(10-13-21)20-17(22)19-14-18(2,23)15-7-5-4-6-8-15/h3-8,16,23H,1,9-14H2,2H3,(H2,19,20,22)/t18-/m1/s1. The molecule has 23 heavy (non-hydrogen) atoms. The predicted molar refractivity (Wildman–Crippen MR) is 92.2 cm³/mol. The average Bonchev–Trinajstić information content (AvgIpc) is 2.56. The largest absolute Gasteiger partial charge is 0.384 e. The summed E-state index contributed by atoms with van der Waals surface area (Å²) in [6.45, 7) is 8.48. The molecule has 5 nitrogen and oxygen atoms in total. The quantitative estimate of drug-likeness (QED) is 0.702. The van der Waals surface area contributed by atoms with E-state index in [0.29, 0.717) is 0 Å². The molecule has 0 unspecified atom stereocenters. The molecule has 126 valence electrons. The molecule has 0 spiro atoms. The molecule has 1 fully saturated rings. The molecule has 0 bridgehead atoms. The lowest BCUT2D eigenvalue weighted by Crippen LogP contribution is -2.50. The van der Waals surface area contributed by atoms with Crippen LogP contribution in [0.2, 0.25) is 0 Å². The number of likely N-dealkylation sites (tertiary alicyclic amines) is 1. The number of amides is 2. The van der Waals surface area contributed by atoms with Crippen molar-refractivity contribution in [3.8, 4) is 0 Å². The van der Waals surface area contributed by atoms with Crippen molar-refractivity contribution in [3.05, 3.63) is 48.6 Å². The van der Waals surface area contributed by atoms with Gasteiger partial charge in [-0.25, -0.2) is 4.79 Å². The van der Waals surface area contributed by atoms with Gasteiger partial charge in [-0.1, -0.05) is 36.4 Å². The van der Waals surface area contributed by atoms with Crippen LogP contribution in [0, 0.1) is 0 Å². The van der Waals surface area contributed by atoms with Crippen LogP contribution in [0.5, 0.6) is 0 Å². The van der Waals surface area contributed by atoms with Gasteiger partial charge in [0.05, 0.1) is 6.54 Å². The van der Waals surface area contributed by atoms with Gasteiger partial charge in [0.25, 0.3) is 0 Å². The summed E-state index contributed by atoms with van der Waals surface area (Å²) in [7, 11) is 0. The van der Waals surface area contributed by atoms with Crippen molar-refractivity contribution in [2.24, 2.45) is 0 Å². The maximum Gasteiger partial charge on any atom is 0.315 e. The predicted octanol–water partition coefficient (Wildman–Crippen LogP) is 1.84. The second-order valence-corrected chi connectivity index (χ2v) is 6.33. The van der Waals surface area contributed by atoms with Crippen molar-refractivity contribution in [2.75, 3.05) is 26.2 Å². The molecular formula is C18H27N3O2. The van der Waals surface area contributed by atoms with Crippen LogP contribution in [-0.4, -0.2) is 48.3 Å². The Balaban J connectivity index is 1.74. The molecule has 1 heterocycles. The molecule has 1 aliphatic rings. The molecular weight excluding hydrogens is 290 g/mol. The fourth-order valence-corrected chi connectivity index (χ4v) is 2.83. The number of urea groups is 1. The van der Waals surface area contributed by atoms with Gasteiger partial charge in [-0.2, -0.15) is 0 Å². The minimum Gasteiger partial charge on any atom is -0.384 e. The zero-order valence-electron chi connectivity index (χ0n) is 13.8. The Labute approximate surface area is 138 Å². The van der Waals surface area contributed by atoms with E-state index in [4.69, 9.17) is 0 Å². The first-order chi connectivity index (χ1) is 11.0. The zero-order chi connectivity index (χ0) is 16.7. The third kappa shape index (κ3) is 5.37. The summed E-state index contributed by atoms with van der Waals surface area (Å²) in [6, 6.07) is 9.34. The number of piperidine rings is 1. The van der Waals surface area contributed by atoms with Crippen LogP contribution in [0.4, 0.5) is 4.79 Å². The first-order valence-corrected chi connectivity index (χ1v) is 8.17. The summed E-state index contributed by atoms with van der Waals surface area (Å²) in [4.78, 5) is 14.4. The highest BCUT2D eigenvalue weighted by Crippen LogP contribution is 2.18. The maximum atomic E-state index is 12.0. The van der Waals surface area contributed by atoms with Crippen molar-refractivity contribution in [1.29, 1.82) is 0 Å². The first-order valence-electron chi connectivity index (χ1n) is 8.17. The lowest BCUT2D eigenvalue weighted by Gasteiger charge is -2.32. The Morgan fingerprint density at radius 2 is 2.04 bits per heavy atom. The van der Waals surface area contributed by atoms with Crippen molar-refractivity contribution in [2.45, 2.75) is 31.4 Å². The van der Waals surface area contributed by atoms with Crippen molar-refractivity contribution >= 4 is 6.03 Å². The molecule has 2 rings (SSSR count). The fraction of sp³-hybridized carbons (Fsp3) is 0.500. The van der Waals surface area contributed by atoms with E-state index < -0.39 is 5.60 Å². The van der Waals surface area contributed by atoms with Crippen molar-refractivity contribution < 1.29 is 9.90 Å². The van der Waals surface area contributed by atoms with Gasteiger partial charge in [0.2, 0.25) is 0 Å². The van der Waals surface area contributed by atoms with E-state index in [1.54, 1.807) is 6.92 Å². The smallest absolute Gasteiger partial charge is 0.315 e. The Hall–Kier alpha value is -1.85. The number of carbonyl (C=O) groups excluding carboxylic acids is 1. The zero-order valence-corrected chi connectivity index (χ0v) is 13.8. The molecule has 0 radical (unpaired) electrons. The van der Waals surface area contributed by atoms with Gasteiger partial charge in [0.1, 0.15) is 5.60 Å². The Bertz CT molecular complexity index is 508. The minimum atomic E-state index is -1.08. The molecule has 5 heteroatoms. The van der Waals surface area contributed by atoms with Crippen LogP contribution in [0.25, 0.3) is 0 Å². The minimum absolute atomic E-state index is 0.179. The number of carbonyl (C=O) groups is 1. The monoisotopic (exact) mass is 317 g/mol. The van der Waals surface area contributed by atoms with Crippen molar-refractivity contribution in [3.63, 3.8) is 0 Å². The molecule has 1 saturated heterocycles. The summed E-state index contributed by atoms with van der Waals surface area (Å²) >= 11 is 0. The van der Waals surface area contributed by atoms with Gasteiger partial charge in [0.15, 0.2) is 0 Å². The molecule has 0 aromatic heterocycles. The second kappa shape index (κ2) is 8.13. The fourth-order valence-electron chi connectivity index (χ4n) is 2.83. The van der Waals surface area contributed by atoms with Gasteiger partial charge in [0, 0.05) is 25.7 Å². The van der Waals surface area contributed by atoms with E-state index in [9.17, 15) is 9.90 Å². The molecule has 0 saturated carbocycles. The molecule has 1 aromatic rings. The average molecular weight is 317 g/mol. The van der Waals surface area contributed by atoms with Gasteiger partial charge < -0.3 is 15.7 Å². The summed E-state index contributed by atoms with van der Waals surface area (Å²) in [5.74, 6) is 0. The highest BCUT2D eigenvalue weighted by molar-refractivity contribution is 5.74. The maximum absolute atomic E-state index is 12.0. The first kappa shape index (κ1) is 17.5. The van der Waals surface area contributed by atoms with E-state index in [2.05, 4.69) is 22.1 Å². The van der Waals surface area contributed by atoms with E-state index >= 15 is 0 Å². The van der Waals surface area contributed by atoms with Crippen LogP contribution < -0.4 is 10.6 Å². The third-order valence-corrected chi connectivity index (χ3v) is 4.30. The number of hydrogen-bond acceptors (Lipinski definition) is 3. The lowest BCUT2D eigenvalue weighted by molar-refractivity contribution is 0.0591. The van der Waals surface area contributed by atoms with E-state index in [1.165, 1.54) is 0 Å². The topological polar surface area (TPSA) is 64.6 Å². The molecule has 0 aliphatic carbocycles. The van der Waals surface area contributed by atoms with Gasteiger partial charge in [-0.15, -0.1) is 6.58 Å². The Kier molecular flexibility index (Phi) is 6.19. The van der Waals surface area contributed by atoms with Crippen LogP contribution in [-0.2, 0) is 5.60 Å². The lowest BCUT2D eigenvalue weighted by atomic mass is 9.96. The summed E-state index contributed by atoms with van der Waals surface area (Å²) < 4.78 is 0. The molecule has 3 N–H and O–H groups in total.